The fraction of sp³-hybridized carbons (Fsp3) is 0.389. The Hall–Kier alpha value is -2.25. The lowest BCUT2D eigenvalue weighted by Crippen LogP contribution is -2.31. The van der Waals surface area contributed by atoms with Gasteiger partial charge in [-0.3, -0.25) is 9.58 Å². The van der Waals surface area contributed by atoms with Crippen LogP contribution in [0.1, 0.15) is 16.3 Å². The van der Waals surface area contributed by atoms with Gasteiger partial charge in [0.15, 0.2) is 0 Å². The van der Waals surface area contributed by atoms with E-state index in [9.17, 15) is 0 Å². The molecule has 0 unspecified atom stereocenters. The van der Waals surface area contributed by atoms with E-state index in [1.54, 1.807) is 11.3 Å². The van der Waals surface area contributed by atoms with E-state index in [-0.39, 0.29) is 0 Å². The summed E-state index contributed by atoms with van der Waals surface area (Å²) >= 11 is 1.74. The highest BCUT2D eigenvalue weighted by Gasteiger charge is 2.23. The molecule has 7 heteroatoms. The van der Waals surface area contributed by atoms with Crippen molar-refractivity contribution in [3.63, 3.8) is 0 Å². The molecule has 0 radical (unpaired) electrons. The highest BCUT2D eigenvalue weighted by atomic mass is 32.1. The maximum atomic E-state index is 4.51. The van der Waals surface area contributed by atoms with Crippen molar-refractivity contribution in [2.45, 2.75) is 26.6 Å². The Labute approximate surface area is 151 Å². The van der Waals surface area contributed by atoms with Crippen molar-refractivity contribution in [2.24, 2.45) is 5.92 Å². The predicted octanol–water partition coefficient (Wildman–Crippen LogP) is 2.79. The van der Waals surface area contributed by atoms with Crippen LogP contribution in [-0.2, 0) is 19.6 Å². The summed E-state index contributed by atoms with van der Waals surface area (Å²) in [5.41, 5.74) is 4.36. The molecule has 4 rings (SSSR count). The quantitative estimate of drug-likeness (QED) is 0.763. The number of nitrogens with one attached hydrogen (secondary N) is 1. The molecule has 0 aromatic carbocycles. The van der Waals surface area contributed by atoms with Crippen LogP contribution in [0.4, 0.5) is 5.82 Å². The minimum Gasteiger partial charge on any atom is -0.370 e. The molecule has 0 saturated carbocycles. The molecule has 6 nitrogen and oxygen atoms in total. The third kappa shape index (κ3) is 3.88. The molecular weight excluding hydrogens is 332 g/mol. The first-order valence-electron chi connectivity index (χ1n) is 8.55. The van der Waals surface area contributed by atoms with Crippen LogP contribution in [0.5, 0.6) is 0 Å². The first kappa shape index (κ1) is 16.2. The van der Waals surface area contributed by atoms with Crippen LogP contribution in [0.15, 0.2) is 42.2 Å². The Morgan fingerprint density at radius 3 is 2.96 bits per heavy atom. The first-order chi connectivity index (χ1) is 12.3. The summed E-state index contributed by atoms with van der Waals surface area (Å²) in [4.78, 5) is 12.6. The molecule has 130 valence electrons. The molecule has 0 spiro atoms. The highest BCUT2D eigenvalue weighted by Crippen LogP contribution is 2.21. The molecule has 0 fully saturated rings. The molecule has 4 heterocycles. The van der Waals surface area contributed by atoms with E-state index in [0.717, 1.165) is 44.2 Å². The third-order valence-corrected chi connectivity index (χ3v) is 5.51. The molecular formula is C18H22N6S. The molecule has 0 aliphatic carbocycles. The number of anilines is 1. The van der Waals surface area contributed by atoms with Gasteiger partial charge in [0.2, 0.25) is 0 Å². The smallest absolute Gasteiger partial charge is 0.125 e. The average molecular weight is 354 g/mol. The van der Waals surface area contributed by atoms with Gasteiger partial charge in [0.05, 0.1) is 16.9 Å². The average Bonchev–Trinajstić information content (AvgIpc) is 3.19. The maximum absolute atomic E-state index is 4.51. The minimum absolute atomic E-state index is 0.469. The summed E-state index contributed by atoms with van der Waals surface area (Å²) in [6.07, 6.45) is 3.72. The van der Waals surface area contributed by atoms with Crippen molar-refractivity contribution >= 4 is 17.2 Å². The molecule has 1 N–H and O–H groups in total. The van der Waals surface area contributed by atoms with Crippen molar-refractivity contribution in [3.05, 3.63) is 58.4 Å². The summed E-state index contributed by atoms with van der Waals surface area (Å²) < 4.78 is 2.14. The summed E-state index contributed by atoms with van der Waals surface area (Å²) in [5.74, 6) is 1.40. The molecule has 3 aromatic rings. The van der Waals surface area contributed by atoms with Gasteiger partial charge >= 0.3 is 0 Å². The van der Waals surface area contributed by atoms with E-state index < -0.39 is 0 Å². The zero-order chi connectivity index (χ0) is 17.1. The summed E-state index contributed by atoms with van der Waals surface area (Å²) in [6.45, 7) is 6.81. The van der Waals surface area contributed by atoms with Gasteiger partial charge in [0, 0.05) is 55.9 Å². The largest absolute Gasteiger partial charge is 0.370 e. The third-order valence-electron chi connectivity index (χ3n) is 4.59. The molecule has 1 aliphatic heterocycles. The monoisotopic (exact) mass is 354 g/mol. The van der Waals surface area contributed by atoms with E-state index in [0.29, 0.717) is 5.92 Å². The molecule has 25 heavy (non-hydrogen) atoms. The SMILES string of the molecule is Cc1ncsc1CN1Cc2ccnn2C[C@@H](CNc2ccccn2)C1. The molecule has 0 saturated heterocycles. The van der Waals surface area contributed by atoms with E-state index in [4.69, 9.17) is 0 Å². The number of hydrogen-bond donors (Lipinski definition) is 1. The predicted molar refractivity (Wildman–Crippen MR) is 99.4 cm³/mol. The van der Waals surface area contributed by atoms with E-state index in [1.165, 1.54) is 10.6 Å². The molecule has 1 atom stereocenters. The van der Waals surface area contributed by atoms with Crippen molar-refractivity contribution in [1.82, 2.24) is 24.6 Å². The van der Waals surface area contributed by atoms with Gasteiger partial charge in [-0.05, 0) is 25.1 Å². The maximum Gasteiger partial charge on any atom is 0.125 e. The fourth-order valence-corrected chi connectivity index (χ4v) is 4.09. The lowest BCUT2D eigenvalue weighted by atomic mass is 10.1. The molecule has 0 bridgehead atoms. The van der Waals surface area contributed by atoms with Crippen LogP contribution in [0.2, 0.25) is 0 Å². The Morgan fingerprint density at radius 2 is 2.16 bits per heavy atom. The van der Waals surface area contributed by atoms with Gasteiger partial charge in [-0.15, -0.1) is 11.3 Å². The van der Waals surface area contributed by atoms with Crippen LogP contribution < -0.4 is 5.32 Å². The number of fused-ring (bicyclic) bond motifs is 1. The standard InChI is InChI=1S/C18H22N6S/c1-14-17(25-13-21-14)12-23-9-15(8-20-18-4-2-3-6-19-18)10-24-16(11-23)5-7-22-24/h2-7,13,15H,8-12H2,1H3,(H,19,20)/t15-/m0/s1. The Kier molecular flexibility index (Phi) is 4.76. The van der Waals surface area contributed by atoms with E-state index >= 15 is 0 Å². The van der Waals surface area contributed by atoms with Crippen LogP contribution in [0, 0.1) is 12.8 Å². The van der Waals surface area contributed by atoms with Crippen molar-refractivity contribution < 1.29 is 0 Å². The summed E-state index contributed by atoms with van der Waals surface area (Å²) in [5, 5.41) is 7.98. The first-order valence-corrected chi connectivity index (χ1v) is 9.43. The van der Waals surface area contributed by atoms with Crippen LogP contribution in [-0.4, -0.2) is 37.7 Å². The minimum atomic E-state index is 0.469. The van der Waals surface area contributed by atoms with Crippen LogP contribution >= 0.6 is 11.3 Å². The fourth-order valence-electron chi connectivity index (χ4n) is 3.27. The Balaban J connectivity index is 1.48. The highest BCUT2D eigenvalue weighted by molar-refractivity contribution is 7.09. The van der Waals surface area contributed by atoms with E-state index in [1.807, 2.05) is 36.1 Å². The Bertz CT molecular complexity index is 812. The van der Waals surface area contributed by atoms with Crippen molar-refractivity contribution in [2.75, 3.05) is 18.4 Å². The van der Waals surface area contributed by atoms with Gasteiger partial charge in [-0.25, -0.2) is 9.97 Å². The van der Waals surface area contributed by atoms with Gasteiger partial charge in [0.1, 0.15) is 5.82 Å². The Morgan fingerprint density at radius 1 is 1.20 bits per heavy atom. The lowest BCUT2D eigenvalue weighted by Gasteiger charge is -2.24. The summed E-state index contributed by atoms with van der Waals surface area (Å²) in [6, 6.07) is 8.08. The van der Waals surface area contributed by atoms with Crippen molar-refractivity contribution in [1.29, 1.82) is 0 Å². The lowest BCUT2D eigenvalue weighted by molar-refractivity contribution is 0.227. The van der Waals surface area contributed by atoms with Gasteiger partial charge in [-0.2, -0.15) is 5.10 Å². The number of nitrogens with zero attached hydrogens (tertiary/aromatic N) is 5. The molecule has 3 aromatic heterocycles. The van der Waals surface area contributed by atoms with Crippen LogP contribution in [0.25, 0.3) is 0 Å². The number of hydrogen-bond acceptors (Lipinski definition) is 6. The van der Waals surface area contributed by atoms with Crippen LogP contribution in [0.3, 0.4) is 0 Å². The number of rotatable bonds is 5. The topological polar surface area (TPSA) is 58.9 Å². The van der Waals surface area contributed by atoms with Gasteiger partial charge in [-0.1, -0.05) is 6.07 Å². The zero-order valence-electron chi connectivity index (χ0n) is 14.3. The number of pyridine rings is 1. The second-order valence-electron chi connectivity index (χ2n) is 6.50. The van der Waals surface area contributed by atoms with Gasteiger partial charge < -0.3 is 5.32 Å². The van der Waals surface area contributed by atoms with Crippen molar-refractivity contribution in [3.8, 4) is 0 Å². The normalized spacial score (nSPS) is 17.9. The molecule has 0 amide bonds. The second-order valence-corrected chi connectivity index (χ2v) is 7.44. The number of thiazole rings is 1. The van der Waals surface area contributed by atoms with Gasteiger partial charge in [0.25, 0.3) is 0 Å². The summed E-state index contributed by atoms with van der Waals surface area (Å²) in [7, 11) is 0. The number of aryl methyl sites for hydroxylation is 1. The second kappa shape index (κ2) is 7.33. The zero-order valence-corrected chi connectivity index (χ0v) is 15.1. The van der Waals surface area contributed by atoms with E-state index in [2.05, 4.69) is 43.0 Å². The number of aromatic nitrogens is 4. The molecule has 1 aliphatic rings.